The molecule has 13 heteroatoms. The van der Waals surface area contributed by atoms with Gasteiger partial charge in [0, 0.05) is 44.3 Å². The molecule has 4 heterocycles. The highest BCUT2D eigenvalue weighted by Gasteiger charge is 2.47. The van der Waals surface area contributed by atoms with Gasteiger partial charge in [0.1, 0.15) is 0 Å². The summed E-state index contributed by atoms with van der Waals surface area (Å²) in [6, 6.07) is 4.55. The molecule has 0 aromatic carbocycles. The lowest BCUT2D eigenvalue weighted by Gasteiger charge is -2.43. The van der Waals surface area contributed by atoms with Crippen LogP contribution in [0.3, 0.4) is 0 Å². The highest BCUT2D eigenvalue weighted by atomic mass is 19.4. The third kappa shape index (κ3) is 5.44. The van der Waals surface area contributed by atoms with Crippen molar-refractivity contribution in [1.82, 2.24) is 29.6 Å². The molecule has 1 aliphatic heterocycles. The maximum atomic E-state index is 14.6. The fourth-order valence-corrected chi connectivity index (χ4v) is 4.30. The van der Waals surface area contributed by atoms with Crippen LogP contribution in [0.15, 0.2) is 36.8 Å². The van der Waals surface area contributed by atoms with E-state index in [-0.39, 0.29) is 18.2 Å². The molecule has 8 nitrogen and oxygen atoms in total. The Hall–Kier alpha value is -3.64. The first-order chi connectivity index (χ1) is 16.8. The van der Waals surface area contributed by atoms with Crippen molar-refractivity contribution in [2.75, 3.05) is 18.4 Å². The Bertz CT molecular complexity index is 1240. The zero-order chi connectivity index (χ0) is 26.3. The van der Waals surface area contributed by atoms with Crippen molar-refractivity contribution < 1.29 is 26.7 Å². The van der Waals surface area contributed by atoms with Gasteiger partial charge in [0.2, 0.25) is 5.95 Å². The van der Waals surface area contributed by atoms with Crippen LogP contribution in [0.1, 0.15) is 35.1 Å². The van der Waals surface area contributed by atoms with E-state index in [9.17, 15) is 26.7 Å². The van der Waals surface area contributed by atoms with Crippen LogP contribution in [0.4, 0.5) is 27.9 Å². The Morgan fingerprint density at radius 3 is 2.56 bits per heavy atom. The van der Waals surface area contributed by atoms with Crippen LogP contribution in [-0.2, 0) is 13.2 Å². The van der Waals surface area contributed by atoms with Crippen LogP contribution in [0.2, 0.25) is 0 Å². The van der Waals surface area contributed by atoms with E-state index in [1.165, 1.54) is 4.68 Å². The number of carbonyl (C=O) groups excluding carboxylic acids is 1. The number of aromatic nitrogens is 5. The van der Waals surface area contributed by atoms with Crippen LogP contribution in [0.25, 0.3) is 11.3 Å². The summed E-state index contributed by atoms with van der Waals surface area (Å²) < 4.78 is 68.9. The van der Waals surface area contributed by atoms with Gasteiger partial charge >= 0.3 is 6.18 Å². The number of carbonyl (C=O) groups is 1. The van der Waals surface area contributed by atoms with E-state index in [1.807, 2.05) is 0 Å². The van der Waals surface area contributed by atoms with Crippen molar-refractivity contribution in [3.8, 4) is 11.3 Å². The Morgan fingerprint density at radius 2 is 1.92 bits per heavy atom. The van der Waals surface area contributed by atoms with E-state index in [2.05, 4.69) is 25.4 Å². The number of rotatable bonds is 5. The molecule has 3 aromatic heterocycles. The van der Waals surface area contributed by atoms with Gasteiger partial charge in [-0.1, -0.05) is 13.0 Å². The molecule has 2 atom stereocenters. The van der Waals surface area contributed by atoms with Crippen LogP contribution in [0, 0.1) is 12.8 Å². The third-order valence-corrected chi connectivity index (χ3v) is 5.98. The topological polar surface area (TPSA) is 88.8 Å². The normalized spacial score (nSPS) is 19.8. The van der Waals surface area contributed by atoms with E-state index in [0.29, 0.717) is 29.3 Å². The molecule has 36 heavy (non-hydrogen) atoms. The predicted molar refractivity (Wildman–Crippen MR) is 120 cm³/mol. The molecule has 0 bridgehead atoms. The molecular formula is C23H24F5N7O. The second-order valence-corrected chi connectivity index (χ2v) is 8.94. The minimum Gasteiger partial charge on any atom is -0.352 e. The number of nitrogens with zero attached hydrogens (tertiary/aromatic N) is 6. The number of aryl methyl sites for hydroxylation is 2. The molecule has 0 radical (unpaired) electrons. The first-order valence-corrected chi connectivity index (χ1v) is 11.1. The molecule has 3 aromatic rings. The third-order valence-electron chi connectivity index (χ3n) is 5.98. The zero-order valence-electron chi connectivity index (χ0n) is 19.7. The lowest BCUT2D eigenvalue weighted by atomic mass is 9.88. The number of pyridine rings is 1. The molecule has 1 amide bonds. The summed E-state index contributed by atoms with van der Waals surface area (Å²) in [6.45, 7) is 2.51. The summed E-state index contributed by atoms with van der Waals surface area (Å²) >= 11 is 0. The van der Waals surface area contributed by atoms with Crippen LogP contribution >= 0.6 is 0 Å². The average molecular weight is 509 g/mol. The van der Waals surface area contributed by atoms with Gasteiger partial charge in [-0.15, -0.1) is 0 Å². The van der Waals surface area contributed by atoms with E-state index >= 15 is 0 Å². The number of nitrogens with one attached hydrogen (secondary N) is 1. The van der Waals surface area contributed by atoms with Crippen molar-refractivity contribution in [3.05, 3.63) is 53.7 Å². The molecule has 4 rings (SSSR count). The maximum absolute atomic E-state index is 14.6. The lowest BCUT2D eigenvalue weighted by molar-refractivity contribution is -0.138. The molecule has 1 fully saturated rings. The lowest BCUT2D eigenvalue weighted by Crippen LogP contribution is -2.57. The van der Waals surface area contributed by atoms with Gasteiger partial charge in [0.15, 0.2) is 5.69 Å². The number of hydrogen-bond donors (Lipinski definition) is 1. The fourth-order valence-electron chi connectivity index (χ4n) is 4.30. The predicted octanol–water partition coefficient (Wildman–Crippen LogP) is 4.20. The van der Waals surface area contributed by atoms with Crippen LogP contribution < -0.4 is 5.32 Å². The molecule has 1 saturated heterocycles. The van der Waals surface area contributed by atoms with Gasteiger partial charge in [-0.05, 0) is 25.0 Å². The number of piperidine rings is 1. The highest BCUT2D eigenvalue weighted by molar-refractivity contribution is 5.98. The number of halogens is 5. The summed E-state index contributed by atoms with van der Waals surface area (Å²) in [4.78, 5) is 26.4. The summed E-state index contributed by atoms with van der Waals surface area (Å²) in [5.74, 6) is -4.56. The first kappa shape index (κ1) is 25.5. The largest absolute Gasteiger partial charge is 0.419 e. The second-order valence-electron chi connectivity index (χ2n) is 8.94. The molecule has 0 aliphatic carbocycles. The van der Waals surface area contributed by atoms with Gasteiger partial charge in [-0.2, -0.15) is 18.3 Å². The Balaban J connectivity index is 1.61. The van der Waals surface area contributed by atoms with Crippen molar-refractivity contribution in [3.63, 3.8) is 0 Å². The summed E-state index contributed by atoms with van der Waals surface area (Å²) in [6.07, 6.45) is -2.18. The highest BCUT2D eigenvalue weighted by Crippen LogP contribution is 2.36. The fraction of sp³-hybridized carbons (Fsp3) is 0.435. The average Bonchev–Trinajstić information content (AvgIpc) is 3.18. The summed E-state index contributed by atoms with van der Waals surface area (Å²) in [5.41, 5.74) is 0.576. The van der Waals surface area contributed by atoms with E-state index < -0.39 is 48.5 Å². The first-order valence-electron chi connectivity index (χ1n) is 11.1. The molecule has 0 spiro atoms. The monoisotopic (exact) mass is 509 g/mol. The van der Waals surface area contributed by atoms with Crippen LogP contribution in [-0.4, -0.2) is 60.6 Å². The number of likely N-dealkylation sites (tertiary alicyclic amines) is 1. The van der Waals surface area contributed by atoms with E-state index in [4.69, 9.17) is 0 Å². The Kier molecular flexibility index (Phi) is 6.67. The van der Waals surface area contributed by atoms with Crippen LogP contribution in [0.5, 0.6) is 0 Å². The molecule has 0 saturated carbocycles. The van der Waals surface area contributed by atoms with Gasteiger partial charge < -0.3 is 10.2 Å². The molecule has 1 N–H and O–H groups in total. The van der Waals surface area contributed by atoms with Gasteiger partial charge in [0.05, 0.1) is 29.4 Å². The molecule has 1 unspecified atom stereocenters. The minimum atomic E-state index is -4.59. The number of amides is 1. The molecular weight excluding hydrogens is 485 g/mol. The summed E-state index contributed by atoms with van der Waals surface area (Å²) in [5, 5.41) is 7.02. The number of anilines is 1. The van der Waals surface area contributed by atoms with Gasteiger partial charge in [-0.25, -0.2) is 18.7 Å². The van der Waals surface area contributed by atoms with E-state index in [0.717, 1.165) is 4.90 Å². The summed E-state index contributed by atoms with van der Waals surface area (Å²) in [7, 11) is 1.62. The number of hydrogen-bond acceptors (Lipinski definition) is 6. The number of alkyl halides is 5. The molecule has 1 aliphatic rings. The van der Waals surface area contributed by atoms with Crippen molar-refractivity contribution in [2.45, 2.75) is 38.4 Å². The van der Waals surface area contributed by atoms with Gasteiger partial charge in [0.25, 0.3) is 11.8 Å². The minimum absolute atomic E-state index is 0.0173. The quantitative estimate of drug-likeness (QED) is 0.519. The van der Waals surface area contributed by atoms with Crippen molar-refractivity contribution >= 4 is 11.9 Å². The maximum Gasteiger partial charge on any atom is 0.419 e. The Labute approximate surface area is 203 Å². The smallest absolute Gasteiger partial charge is 0.352 e. The Morgan fingerprint density at radius 1 is 1.22 bits per heavy atom. The standard InChI is InChI=1S/C23H24F5N7O/c1-13-7-22(24,25)12-35(18(13)10-31-21-29-8-15(9-30-21)23(26,27)28)20(36)19-16(11-34(3)33-19)17-6-4-5-14(2)32-17/h4-6,8-9,11,13,18H,7,10,12H2,1-3H3,(H,29,30,31)/t13-,18?/m1/s1. The van der Waals surface area contributed by atoms with Gasteiger partial charge in [-0.3, -0.25) is 14.5 Å². The molecule has 192 valence electrons. The van der Waals surface area contributed by atoms with Crippen molar-refractivity contribution in [2.24, 2.45) is 13.0 Å². The second kappa shape index (κ2) is 9.43. The van der Waals surface area contributed by atoms with E-state index in [1.54, 1.807) is 45.3 Å². The zero-order valence-corrected chi connectivity index (χ0v) is 19.7. The SMILES string of the molecule is Cc1cccc(-c2cn(C)nc2C(=O)N2CC(F)(F)C[C@@H](C)C2CNc2ncc(C(F)(F)F)cn2)n1. The van der Waals surface area contributed by atoms with Crippen molar-refractivity contribution in [1.29, 1.82) is 0 Å².